The minimum Gasteiger partial charge on any atom is -0.0622 e. The van der Waals surface area contributed by atoms with Gasteiger partial charge in [0, 0.05) is 0 Å². The van der Waals surface area contributed by atoms with E-state index in [9.17, 15) is 0 Å². The van der Waals surface area contributed by atoms with Crippen molar-refractivity contribution in [2.24, 2.45) is 5.92 Å². The lowest BCUT2D eigenvalue weighted by Gasteiger charge is -2.35. The highest BCUT2D eigenvalue weighted by Crippen LogP contribution is 2.44. The van der Waals surface area contributed by atoms with Gasteiger partial charge in [0.2, 0.25) is 0 Å². The lowest BCUT2D eigenvalue weighted by atomic mass is 9.69. The Morgan fingerprint density at radius 1 is 0.583 bits per heavy atom. The van der Waals surface area contributed by atoms with Crippen LogP contribution in [-0.2, 0) is 19.3 Å². The maximum Gasteiger partial charge on any atom is -0.00519 e. The zero-order valence-electron chi connectivity index (χ0n) is 13.7. The summed E-state index contributed by atoms with van der Waals surface area (Å²) in [7, 11) is 0. The molecule has 0 amide bonds. The van der Waals surface area contributed by atoms with Crippen LogP contribution in [0.3, 0.4) is 0 Å². The molecule has 116 valence electrons. The second kappa shape index (κ2) is 5.49. The van der Waals surface area contributed by atoms with E-state index in [0.717, 1.165) is 6.42 Å². The molecule has 0 saturated carbocycles. The van der Waals surface area contributed by atoms with Gasteiger partial charge < -0.3 is 0 Å². The molecule has 24 heavy (non-hydrogen) atoms. The first-order chi connectivity index (χ1) is 11.9. The Hall–Kier alpha value is -2.60. The predicted molar refractivity (Wildman–Crippen MR) is 100.0 cm³/mol. The van der Waals surface area contributed by atoms with E-state index in [4.69, 9.17) is 0 Å². The maximum atomic E-state index is 2.32. The topological polar surface area (TPSA) is 0 Å². The molecule has 3 aromatic rings. The standard InChI is InChI=1S/C24H20/c1-2-8-17(9-3-1)24-22-13-7-6-12-20(22)15-21-14-18-10-4-5-11-19(18)16-23(21)24/h1-13,21H,14-16H2. The molecular formula is C24H20. The summed E-state index contributed by atoms with van der Waals surface area (Å²) in [6.45, 7) is 0. The lowest BCUT2D eigenvalue weighted by molar-refractivity contribution is 0.562. The van der Waals surface area contributed by atoms with Gasteiger partial charge in [-0.05, 0) is 58.6 Å². The first kappa shape index (κ1) is 13.8. The Balaban J connectivity index is 1.76. The van der Waals surface area contributed by atoms with Crippen LogP contribution in [0.1, 0.15) is 27.8 Å². The quantitative estimate of drug-likeness (QED) is 0.560. The summed E-state index contributed by atoms with van der Waals surface area (Å²) in [6.07, 6.45) is 3.45. The highest BCUT2D eigenvalue weighted by Gasteiger charge is 2.31. The Bertz CT molecular complexity index is 931. The van der Waals surface area contributed by atoms with Gasteiger partial charge >= 0.3 is 0 Å². The average Bonchev–Trinajstić information content (AvgIpc) is 2.65. The number of allylic oxidation sites excluding steroid dienone is 1. The van der Waals surface area contributed by atoms with Crippen molar-refractivity contribution in [2.75, 3.05) is 0 Å². The molecule has 0 radical (unpaired) electrons. The molecule has 1 atom stereocenters. The Kier molecular flexibility index (Phi) is 3.16. The summed E-state index contributed by atoms with van der Waals surface area (Å²) >= 11 is 0. The van der Waals surface area contributed by atoms with Gasteiger partial charge in [-0.3, -0.25) is 0 Å². The third kappa shape index (κ3) is 2.14. The summed E-state index contributed by atoms with van der Waals surface area (Å²) in [5.74, 6) is 0.644. The van der Waals surface area contributed by atoms with Crippen molar-refractivity contribution in [1.29, 1.82) is 0 Å². The van der Waals surface area contributed by atoms with Crippen molar-refractivity contribution in [3.05, 3.63) is 112 Å². The zero-order chi connectivity index (χ0) is 15.9. The van der Waals surface area contributed by atoms with Gasteiger partial charge in [-0.1, -0.05) is 84.4 Å². The van der Waals surface area contributed by atoms with E-state index in [1.807, 2.05) is 0 Å². The van der Waals surface area contributed by atoms with E-state index in [0.29, 0.717) is 5.92 Å². The molecule has 0 heteroatoms. The van der Waals surface area contributed by atoms with E-state index < -0.39 is 0 Å². The first-order valence-electron chi connectivity index (χ1n) is 8.83. The predicted octanol–water partition coefficient (Wildman–Crippen LogP) is 5.46. The van der Waals surface area contributed by atoms with Gasteiger partial charge in [0.15, 0.2) is 0 Å². The molecule has 2 aliphatic rings. The average molecular weight is 308 g/mol. The molecule has 0 fully saturated rings. The van der Waals surface area contributed by atoms with Gasteiger partial charge in [-0.2, -0.15) is 0 Å². The minimum atomic E-state index is 0.644. The summed E-state index contributed by atoms with van der Waals surface area (Å²) in [5.41, 5.74) is 10.5. The lowest BCUT2D eigenvalue weighted by Crippen LogP contribution is -2.25. The molecule has 0 spiro atoms. The number of rotatable bonds is 1. The minimum absolute atomic E-state index is 0.644. The SMILES string of the molecule is c1ccc(C2=C3Cc4ccccc4CC3Cc3ccccc32)cc1. The zero-order valence-corrected chi connectivity index (χ0v) is 13.7. The van der Waals surface area contributed by atoms with E-state index in [1.54, 1.807) is 5.57 Å². The highest BCUT2D eigenvalue weighted by molar-refractivity contribution is 5.86. The Morgan fingerprint density at radius 2 is 1.21 bits per heavy atom. The fraction of sp³-hybridized carbons (Fsp3) is 0.167. The van der Waals surface area contributed by atoms with Crippen LogP contribution in [-0.4, -0.2) is 0 Å². The smallest absolute Gasteiger partial charge is 0.00519 e. The van der Waals surface area contributed by atoms with Crippen molar-refractivity contribution < 1.29 is 0 Å². The number of hydrogen-bond donors (Lipinski definition) is 0. The van der Waals surface area contributed by atoms with Crippen LogP contribution in [0.5, 0.6) is 0 Å². The number of benzene rings is 3. The third-order valence-electron chi connectivity index (χ3n) is 5.59. The second-order valence-electron chi connectivity index (χ2n) is 6.97. The molecule has 5 rings (SSSR count). The van der Waals surface area contributed by atoms with Crippen molar-refractivity contribution in [3.8, 4) is 0 Å². The van der Waals surface area contributed by atoms with E-state index in [1.165, 1.54) is 46.2 Å². The Morgan fingerprint density at radius 3 is 2.04 bits per heavy atom. The largest absolute Gasteiger partial charge is 0.0622 e. The van der Waals surface area contributed by atoms with Gasteiger partial charge in [-0.25, -0.2) is 0 Å². The number of fused-ring (bicyclic) bond motifs is 3. The molecule has 3 aromatic carbocycles. The molecule has 2 aliphatic carbocycles. The highest BCUT2D eigenvalue weighted by atomic mass is 14.3. The van der Waals surface area contributed by atoms with Crippen molar-refractivity contribution in [1.82, 2.24) is 0 Å². The molecule has 0 aliphatic heterocycles. The molecular weight excluding hydrogens is 288 g/mol. The normalized spacial score (nSPS) is 18.6. The van der Waals surface area contributed by atoms with Crippen LogP contribution >= 0.6 is 0 Å². The summed E-state index contributed by atoms with van der Waals surface area (Å²) in [4.78, 5) is 0. The van der Waals surface area contributed by atoms with Gasteiger partial charge in [0.05, 0.1) is 0 Å². The van der Waals surface area contributed by atoms with E-state index in [-0.39, 0.29) is 0 Å². The van der Waals surface area contributed by atoms with Crippen molar-refractivity contribution >= 4 is 5.57 Å². The molecule has 0 heterocycles. The van der Waals surface area contributed by atoms with Crippen LogP contribution in [0, 0.1) is 5.92 Å². The fourth-order valence-corrected chi connectivity index (χ4v) is 4.48. The van der Waals surface area contributed by atoms with Crippen LogP contribution in [0.2, 0.25) is 0 Å². The molecule has 0 saturated heterocycles. The van der Waals surface area contributed by atoms with Crippen LogP contribution in [0.15, 0.2) is 84.4 Å². The molecule has 0 nitrogen and oxygen atoms in total. The molecule has 1 unspecified atom stereocenters. The van der Waals surface area contributed by atoms with Crippen LogP contribution in [0.4, 0.5) is 0 Å². The molecule has 0 bridgehead atoms. The van der Waals surface area contributed by atoms with Gasteiger partial charge in [0.25, 0.3) is 0 Å². The summed E-state index contributed by atoms with van der Waals surface area (Å²) in [5, 5.41) is 0. The van der Waals surface area contributed by atoms with Crippen LogP contribution in [0.25, 0.3) is 5.57 Å². The molecule has 0 N–H and O–H groups in total. The van der Waals surface area contributed by atoms with Crippen LogP contribution < -0.4 is 0 Å². The van der Waals surface area contributed by atoms with Gasteiger partial charge in [-0.15, -0.1) is 0 Å². The second-order valence-corrected chi connectivity index (χ2v) is 6.97. The van der Waals surface area contributed by atoms with Crippen molar-refractivity contribution in [2.45, 2.75) is 19.3 Å². The van der Waals surface area contributed by atoms with E-state index >= 15 is 0 Å². The number of hydrogen-bond acceptors (Lipinski definition) is 0. The fourth-order valence-electron chi connectivity index (χ4n) is 4.48. The van der Waals surface area contributed by atoms with Crippen molar-refractivity contribution in [3.63, 3.8) is 0 Å². The summed E-state index contributed by atoms with van der Waals surface area (Å²) in [6, 6.07) is 28.9. The maximum absolute atomic E-state index is 2.32. The monoisotopic (exact) mass is 308 g/mol. The Labute approximate surface area is 143 Å². The van der Waals surface area contributed by atoms with E-state index in [2.05, 4.69) is 78.9 Å². The van der Waals surface area contributed by atoms with Gasteiger partial charge in [0.1, 0.15) is 0 Å². The third-order valence-corrected chi connectivity index (χ3v) is 5.59. The molecule has 0 aromatic heterocycles. The summed E-state index contributed by atoms with van der Waals surface area (Å²) < 4.78 is 0. The first-order valence-corrected chi connectivity index (χ1v) is 8.83.